The summed E-state index contributed by atoms with van der Waals surface area (Å²) in [6, 6.07) is 4.67. The van der Waals surface area contributed by atoms with E-state index in [0.717, 1.165) is 12.0 Å². The average Bonchev–Trinajstić information content (AvgIpc) is 3.02. The van der Waals surface area contributed by atoms with Crippen molar-refractivity contribution in [2.75, 3.05) is 0 Å². The molecular formula is C19H27ClN4O3S. The van der Waals surface area contributed by atoms with Gasteiger partial charge in [-0.3, -0.25) is 19.3 Å². The number of aromatic amines is 1. The van der Waals surface area contributed by atoms with E-state index in [2.05, 4.69) is 34.4 Å². The van der Waals surface area contributed by atoms with E-state index >= 15 is 0 Å². The van der Waals surface area contributed by atoms with Gasteiger partial charge in [-0.1, -0.05) is 25.4 Å². The molecule has 0 bridgehead atoms. The zero-order chi connectivity index (χ0) is 21.3. The number of nitrogens with two attached hydrogens (primary N) is 1. The Balaban J connectivity index is 0.000000370. The molecule has 9 heteroatoms. The molecule has 2 atom stereocenters. The maximum absolute atomic E-state index is 12.3. The third-order valence-corrected chi connectivity index (χ3v) is 5.34. The molecule has 0 saturated heterocycles. The molecule has 2 rings (SSSR count). The summed E-state index contributed by atoms with van der Waals surface area (Å²) in [5.74, 6) is 3.76. The summed E-state index contributed by atoms with van der Waals surface area (Å²) >= 11 is 5.73. The molecule has 0 aliphatic carbocycles. The quantitative estimate of drug-likeness (QED) is 0.587. The molecule has 2 heterocycles. The zero-order valence-corrected chi connectivity index (χ0v) is 17.8. The van der Waals surface area contributed by atoms with E-state index in [4.69, 9.17) is 17.3 Å². The number of hydrogen-bond donors (Lipinski definition) is 3. The second-order valence-electron chi connectivity index (χ2n) is 6.76. The second kappa shape index (κ2) is 11.0. The molecule has 0 aromatic carbocycles. The van der Waals surface area contributed by atoms with E-state index in [1.54, 1.807) is 24.5 Å². The number of H-pyrrole nitrogens is 1. The lowest BCUT2D eigenvalue weighted by atomic mass is 10.0. The van der Waals surface area contributed by atoms with Crippen LogP contribution in [0.3, 0.4) is 0 Å². The molecule has 154 valence electrons. The number of Topliss-reactive ketones (excluding diaryl/α,β-unsaturated/α-hetero) is 1. The Morgan fingerprint density at radius 2 is 1.96 bits per heavy atom. The summed E-state index contributed by atoms with van der Waals surface area (Å²) in [7, 11) is -2.91. The Kier molecular flexibility index (Phi) is 9.37. The van der Waals surface area contributed by atoms with Crippen molar-refractivity contribution in [3.63, 3.8) is 0 Å². The van der Waals surface area contributed by atoms with E-state index in [0.29, 0.717) is 16.0 Å². The van der Waals surface area contributed by atoms with Gasteiger partial charge in [-0.15, -0.1) is 0 Å². The highest BCUT2D eigenvalue weighted by molar-refractivity contribution is 7.99. The molecule has 7 nitrogen and oxygen atoms in total. The van der Waals surface area contributed by atoms with Crippen LogP contribution in [0.2, 0.25) is 5.02 Å². The smallest absolute Gasteiger partial charge is 0.235 e. The summed E-state index contributed by atoms with van der Waals surface area (Å²) in [4.78, 5) is 28.9. The highest BCUT2D eigenvalue weighted by atomic mass is 35.5. The van der Waals surface area contributed by atoms with Crippen molar-refractivity contribution in [3.05, 3.63) is 47.4 Å². The molecule has 0 spiro atoms. The van der Waals surface area contributed by atoms with Crippen LogP contribution in [0.4, 0.5) is 0 Å². The first-order valence-electron chi connectivity index (χ1n) is 8.68. The first-order valence-corrected chi connectivity index (χ1v) is 10.8. The van der Waals surface area contributed by atoms with Gasteiger partial charge in [0.15, 0.2) is 0 Å². The Morgan fingerprint density at radius 3 is 2.39 bits per heavy atom. The van der Waals surface area contributed by atoms with Crippen molar-refractivity contribution in [2.24, 2.45) is 11.7 Å². The minimum atomic E-state index is -2.91. The Hall–Kier alpha value is -2.16. The van der Waals surface area contributed by atoms with Crippen molar-refractivity contribution < 1.29 is 13.8 Å². The van der Waals surface area contributed by atoms with Crippen LogP contribution in [-0.2, 0) is 25.7 Å². The Bertz CT molecular complexity index is 880. The molecule has 2 aromatic rings. The van der Waals surface area contributed by atoms with Crippen LogP contribution in [0.25, 0.3) is 0 Å². The number of amides is 1. The van der Waals surface area contributed by atoms with Gasteiger partial charge in [0.25, 0.3) is 0 Å². The van der Waals surface area contributed by atoms with Gasteiger partial charge in [0.1, 0.15) is 10.8 Å². The number of rotatable bonds is 7. The summed E-state index contributed by atoms with van der Waals surface area (Å²) in [5, 5.41) is 0.704. The van der Waals surface area contributed by atoms with Gasteiger partial charge in [0.2, 0.25) is 5.91 Å². The van der Waals surface area contributed by atoms with Crippen LogP contribution in [0.15, 0.2) is 41.8 Å². The highest BCUT2D eigenvalue weighted by Crippen LogP contribution is 2.14. The number of carbonyl (C=O) groups excluding carboxylic acids is 2. The second-order valence-corrected chi connectivity index (χ2v) is 9.19. The lowest BCUT2D eigenvalue weighted by Crippen LogP contribution is -2.31. The fourth-order valence-corrected chi connectivity index (χ4v) is 3.52. The van der Waals surface area contributed by atoms with Gasteiger partial charge >= 0.3 is 0 Å². The van der Waals surface area contributed by atoms with Crippen molar-refractivity contribution in [1.29, 1.82) is 0 Å². The molecule has 2 unspecified atom stereocenters. The first kappa shape index (κ1) is 23.9. The van der Waals surface area contributed by atoms with Gasteiger partial charge < -0.3 is 10.7 Å². The molecule has 28 heavy (non-hydrogen) atoms. The molecular weight excluding hydrogens is 400 g/mol. The molecule has 1 amide bonds. The zero-order valence-electron chi connectivity index (χ0n) is 16.3. The summed E-state index contributed by atoms with van der Waals surface area (Å²) in [6.07, 6.45) is 5.58. The van der Waals surface area contributed by atoms with E-state index in [-0.39, 0.29) is 24.2 Å². The number of ketones is 1. The third-order valence-electron chi connectivity index (χ3n) is 3.62. The monoisotopic (exact) mass is 426 g/mol. The average molecular weight is 427 g/mol. The van der Waals surface area contributed by atoms with Crippen LogP contribution in [0, 0.1) is 5.92 Å². The van der Waals surface area contributed by atoms with Crippen LogP contribution in [0.1, 0.15) is 32.8 Å². The van der Waals surface area contributed by atoms with Crippen molar-refractivity contribution in [1.82, 2.24) is 14.7 Å². The lowest BCUT2D eigenvalue weighted by molar-refractivity contribution is -0.119. The largest absolute Gasteiger partial charge is 0.352 e. The molecule has 0 saturated carbocycles. The number of carbonyl (C=O) groups is 2. The first-order chi connectivity index (χ1) is 13.0. The highest BCUT2D eigenvalue weighted by Gasteiger charge is 2.14. The lowest BCUT2D eigenvalue weighted by Gasteiger charge is -2.09. The van der Waals surface area contributed by atoms with Gasteiger partial charge in [-0.2, -0.15) is 0 Å². The number of hydrogen-bond acceptors (Lipinski definition) is 5. The van der Waals surface area contributed by atoms with Gasteiger partial charge in [-0.05, 0) is 48.9 Å². The minimum Gasteiger partial charge on any atom is -0.352 e. The molecule has 0 fully saturated rings. The number of pyridine rings is 1. The van der Waals surface area contributed by atoms with Gasteiger partial charge in [0.05, 0.1) is 27.2 Å². The maximum atomic E-state index is 12.3. The molecule has 4 N–H and O–H groups in total. The van der Waals surface area contributed by atoms with E-state index in [9.17, 15) is 13.8 Å². The van der Waals surface area contributed by atoms with E-state index in [1.165, 1.54) is 19.2 Å². The predicted molar refractivity (Wildman–Crippen MR) is 114 cm³/mol. The molecule has 2 aromatic heterocycles. The van der Waals surface area contributed by atoms with Gasteiger partial charge in [0, 0.05) is 18.6 Å². The van der Waals surface area contributed by atoms with Crippen LogP contribution < -0.4 is 10.5 Å². The predicted octanol–water partition coefficient (Wildman–Crippen LogP) is 2.36. The topological polar surface area (TPSA) is 118 Å². The normalized spacial score (nSPS) is 13.8. The third kappa shape index (κ3) is 8.69. The number of halogens is 1. The fourth-order valence-electron chi connectivity index (χ4n) is 2.17. The fraction of sp³-hybridized carbons (Fsp3) is 0.368. The van der Waals surface area contributed by atoms with Crippen LogP contribution in [-0.4, -0.2) is 37.8 Å². The van der Waals surface area contributed by atoms with Crippen LogP contribution >= 0.6 is 11.6 Å². The molecule has 0 radical (unpaired) electrons. The Labute approximate surface area is 171 Å². The molecule has 0 aliphatic heterocycles. The minimum absolute atomic E-state index is 0.0868. The number of nitrogens with zero attached hydrogens (tertiary/aromatic N) is 1. The maximum Gasteiger partial charge on any atom is 0.235 e. The Morgan fingerprint density at radius 1 is 1.36 bits per heavy atom. The number of nitrogens with one attached hydrogen (secondary N) is 2. The number of aromatic nitrogens is 2. The van der Waals surface area contributed by atoms with E-state index in [1.807, 2.05) is 0 Å². The van der Waals surface area contributed by atoms with Crippen molar-refractivity contribution in [2.45, 2.75) is 44.7 Å². The van der Waals surface area contributed by atoms with Gasteiger partial charge in [-0.25, -0.2) is 4.21 Å². The standard InChI is InChI=1S/C12H12ClN3O2S.C7H15NO/c1-19(18,12-7-10(13)8-15-12)16-11(17)6-9-2-4-14-5-3-9;1-5(2)4-7(8)6(3)9/h2-5,7-8,15H,1,6H2,(H,16,17,18);5,7H,4,8H2,1-3H3. The van der Waals surface area contributed by atoms with Crippen molar-refractivity contribution >= 4 is 38.9 Å². The summed E-state index contributed by atoms with van der Waals surface area (Å²) < 4.78 is 14.7. The van der Waals surface area contributed by atoms with Crippen LogP contribution in [0.5, 0.6) is 0 Å². The summed E-state index contributed by atoms with van der Waals surface area (Å²) in [6.45, 7) is 5.65. The van der Waals surface area contributed by atoms with Crippen molar-refractivity contribution in [3.8, 4) is 0 Å². The molecule has 0 aliphatic rings. The summed E-state index contributed by atoms with van der Waals surface area (Å²) in [5.41, 5.74) is 6.25. The SMILES string of the molecule is C=S(=O)(NC(=O)Cc1ccncc1)c1cc(Cl)c[nH]1.CC(=O)C(N)CC(C)C. The van der Waals surface area contributed by atoms with E-state index < -0.39 is 9.71 Å².